The summed E-state index contributed by atoms with van der Waals surface area (Å²) >= 11 is 0. The van der Waals surface area contributed by atoms with Crippen LogP contribution in [0.5, 0.6) is 5.75 Å². The molecule has 1 N–H and O–H groups in total. The van der Waals surface area contributed by atoms with Crippen molar-refractivity contribution in [2.45, 2.75) is 0 Å². The van der Waals surface area contributed by atoms with Gasteiger partial charge in [-0.2, -0.15) is 4.98 Å². The first-order chi connectivity index (χ1) is 8.74. The van der Waals surface area contributed by atoms with Crippen molar-refractivity contribution < 1.29 is 18.4 Å². The topological polar surface area (TPSA) is 72.3 Å². The second-order valence-electron chi connectivity index (χ2n) is 3.60. The van der Waals surface area contributed by atoms with E-state index in [9.17, 15) is 4.39 Å². The Morgan fingerprint density at radius 2 is 2.11 bits per heavy atom. The molecule has 2 aromatic heterocycles. The summed E-state index contributed by atoms with van der Waals surface area (Å²) in [5, 5.41) is 12.8. The van der Waals surface area contributed by atoms with E-state index in [1.165, 1.54) is 24.7 Å². The molecule has 0 bridgehead atoms. The van der Waals surface area contributed by atoms with Crippen molar-refractivity contribution in [3.63, 3.8) is 0 Å². The van der Waals surface area contributed by atoms with Crippen LogP contribution < -0.4 is 0 Å². The third-order valence-corrected chi connectivity index (χ3v) is 2.39. The van der Waals surface area contributed by atoms with Gasteiger partial charge in [-0.25, -0.2) is 4.39 Å². The molecule has 0 aliphatic carbocycles. The minimum Gasteiger partial charge on any atom is -0.508 e. The summed E-state index contributed by atoms with van der Waals surface area (Å²) in [6.07, 6.45) is 2.94. The van der Waals surface area contributed by atoms with Crippen molar-refractivity contribution in [1.82, 2.24) is 10.1 Å². The predicted molar refractivity (Wildman–Crippen MR) is 59.1 cm³/mol. The average molecular weight is 246 g/mol. The largest absolute Gasteiger partial charge is 0.508 e. The van der Waals surface area contributed by atoms with Crippen molar-refractivity contribution in [2.75, 3.05) is 0 Å². The van der Waals surface area contributed by atoms with E-state index >= 15 is 0 Å². The van der Waals surface area contributed by atoms with E-state index in [0.717, 1.165) is 6.07 Å². The molecule has 2 heterocycles. The van der Waals surface area contributed by atoms with Crippen molar-refractivity contribution in [2.24, 2.45) is 0 Å². The summed E-state index contributed by atoms with van der Waals surface area (Å²) in [5.41, 5.74) is 0.777. The van der Waals surface area contributed by atoms with E-state index in [4.69, 9.17) is 14.0 Å². The molecule has 3 aromatic rings. The molecule has 0 saturated heterocycles. The second-order valence-corrected chi connectivity index (χ2v) is 3.60. The molecule has 0 fully saturated rings. The summed E-state index contributed by atoms with van der Waals surface area (Å²) in [4.78, 5) is 4.05. The van der Waals surface area contributed by atoms with Gasteiger partial charge in [0.25, 0.3) is 5.89 Å². The Kier molecular flexibility index (Phi) is 2.33. The van der Waals surface area contributed by atoms with Crippen LogP contribution in [0, 0.1) is 5.82 Å². The van der Waals surface area contributed by atoms with Gasteiger partial charge in [-0.3, -0.25) is 0 Å². The first kappa shape index (κ1) is 10.5. The van der Waals surface area contributed by atoms with Crippen LogP contribution in [0.4, 0.5) is 4.39 Å². The van der Waals surface area contributed by atoms with Crippen LogP contribution >= 0.6 is 0 Å². The number of phenolic OH excluding ortho intramolecular Hbond substituents is 1. The molecule has 5 nitrogen and oxygen atoms in total. The molecule has 90 valence electrons. The lowest BCUT2D eigenvalue weighted by molar-refractivity contribution is 0.428. The maximum atomic E-state index is 13.6. The van der Waals surface area contributed by atoms with Gasteiger partial charge in [0.1, 0.15) is 17.8 Å². The first-order valence-corrected chi connectivity index (χ1v) is 5.09. The number of hydrogen-bond acceptors (Lipinski definition) is 5. The summed E-state index contributed by atoms with van der Waals surface area (Å²) in [6, 6.07) is 5.37. The lowest BCUT2D eigenvalue weighted by Crippen LogP contribution is -1.84. The highest BCUT2D eigenvalue weighted by atomic mass is 19.1. The molecule has 0 radical (unpaired) electrons. The van der Waals surface area contributed by atoms with Crippen LogP contribution in [0.2, 0.25) is 0 Å². The Labute approximate surface area is 100 Å². The number of hydrogen-bond donors (Lipinski definition) is 1. The van der Waals surface area contributed by atoms with Gasteiger partial charge in [-0.15, -0.1) is 0 Å². The van der Waals surface area contributed by atoms with E-state index in [2.05, 4.69) is 10.1 Å². The molecular weight excluding hydrogens is 239 g/mol. The molecule has 0 aliphatic heterocycles. The van der Waals surface area contributed by atoms with Gasteiger partial charge in [0.05, 0.1) is 17.4 Å². The van der Waals surface area contributed by atoms with Gasteiger partial charge >= 0.3 is 0 Å². The van der Waals surface area contributed by atoms with Gasteiger partial charge < -0.3 is 14.0 Å². The SMILES string of the molecule is Oc1ccc(-c2nc(-c3ccoc3)no2)c(F)c1. The van der Waals surface area contributed by atoms with Crippen molar-refractivity contribution in [3.8, 4) is 28.6 Å². The molecule has 1 aromatic carbocycles. The Bertz CT molecular complexity index is 676. The van der Waals surface area contributed by atoms with Crippen molar-refractivity contribution >= 4 is 0 Å². The maximum Gasteiger partial charge on any atom is 0.261 e. The predicted octanol–water partition coefficient (Wildman–Crippen LogP) is 2.84. The monoisotopic (exact) mass is 246 g/mol. The van der Waals surface area contributed by atoms with E-state index in [-0.39, 0.29) is 17.2 Å². The number of rotatable bonds is 2. The molecule has 0 amide bonds. The fourth-order valence-corrected chi connectivity index (χ4v) is 1.52. The summed E-state index contributed by atoms with van der Waals surface area (Å²) in [5.74, 6) is -0.432. The number of benzene rings is 1. The number of furan rings is 1. The number of aromatic hydroxyl groups is 1. The molecule has 3 rings (SSSR count). The standard InChI is InChI=1S/C12H7FN2O3/c13-10-5-8(16)1-2-9(10)12-14-11(15-18-12)7-3-4-17-6-7/h1-6,16H. The summed E-state index contributed by atoms with van der Waals surface area (Å²) < 4.78 is 23.4. The van der Waals surface area contributed by atoms with E-state index in [0.29, 0.717) is 11.4 Å². The first-order valence-electron chi connectivity index (χ1n) is 5.09. The highest BCUT2D eigenvalue weighted by Crippen LogP contribution is 2.26. The summed E-state index contributed by atoms with van der Waals surface area (Å²) in [6.45, 7) is 0. The van der Waals surface area contributed by atoms with E-state index in [1.807, 2.05) is 0 Å². The minimum atomic E-state index is -0.627. The quantitative estimate of drug-likeness (QED) is 0.752. The molecule has 0 spiro atoms. The highest BCUT2D eigenvalue weighted by molar-refractivity contribution is 5.59. The molecule has 0 atom stereocenters. The van der Waals surface area contributed by atoms with Crippen LogP contribution in [-0.2, 0) is 0 Å². The van der Waals surface area contributed by atoms with Gasteiger partial charge in [-0.1, -0.05) is 5.16 Å². The second kappa shape index (κ2) is 3.99. The van der Waals surface area contributed by atoms with Crippen LogP contribution in [0.25, 0.3) is 22.8 Å². The zero-order valence-corrected chi connectivity index (χ0v) is 9.00. The summed E-state index contributed by atoms with van der Waals surface area (Å²) in [7, 11) is 0. The molecular formula is C12H7FN2O3. The van der Waals surface area contributed by atoms with Crippen molar-refractivity contribution in [3.05, 3.63) is 42.6 Å². The minimum absolute atomic E-state index is 0.0451. The molecule has 6 heteroatoms. The Morgan fingerprint density at radius 3 is 2.83 bits per heavy atom. The van der Waals surface area contributed by atoms with Crippen LogP contribution in [0.3, 0.4) is 0 Å². The Hall–Kier alpha value is -2.63. The molecule has 0 unspecified atom stereocenters. The fraction of sp³-hybridized carbons (Fsp3) is 0. The van der Waals surface area contributed by atoms with E-state index in [1.54, 1.807) is 6.07 Å². The lowest BCUT2D eigenvalue weighted by Gasteiger charge is -1.97. The smallest absolute Gasteiger partial charge is 0.261 e. The maximum absolute atomic E-state index is 13.6. The van der Waals surface area contributed by atoms with Crippen LogP contribution in [-0.4, -0.2) is 15.2 Å². The zero-order valence-electron chi connectivity index (χ0n) is 9.00. The van der Waals surface area contributed by atoms with Crippen LogP contribution in [0.1, 0.15) is 0 Å². The lowest BCUT2D eigenvalue weighted by atomic mass is 10.2. The number of halogens is 1. The zero-order chi connectivity index (χ0) is 12.5. The number of aromatic nitrogens is 2. The molecule has 0 aliphatic rings. The normalized spacial score (nSPS) is 10.7. The van der Waals surface area contributed by atoms with Gasteiger partial charge in [0.15, 0.2) is 0 Å². The number of phenols is 1. The van der Waals surface area contributed by atoms with Crippen molar-refractivity contribution in [1.29, 1.82) is 0 Å². The van der Waals surface area contributed by atoms with Crippen LogP contribution in [0.15, 0.2) is 45.7 Å². The molecule has 18 heavy (non-hydrogen) atoms. The number of nitrogens with zero attached hydrogens (tertiary/aromatic N) is 2. The molecule has 0 saturated carbocycles. The van der Waals surface area contributed by atoms with Gasteiger partial charge in [-0.05, 0) is 18.2 Å². The van der Waals surface area contributed by atoms with Gasteiger partial charge in [0.2, 0.25) is 5.82 Å². The fourth-order valence-electron chi connectivity index (χ4n) is 1.52. The third-order valence-electron chi connectivity index (χ3n) is 2.39. The third kappa shape index (κ3) is 1.73. The van der Waals surface area contributed by atoms with Gasteiger partial charge in [0, 0.05) is 6.07 Å². The Balaban J connectivity index is 2.03. The Morgan fingerprint density at radius 1 is 1.22 bits per heavy atom. The van der Waals surface area contributed by atoms with E-state index < -0.39 is 5.82 Å². The average Bonchev–Trinajstić information content (AvgIpc) is 2.99. The highest BCUT2D eigenvalue weighted by Gasteiger charge is 2.15.